The molecule has 0 saturated carbocycles. The molecule has 1 aromatic carbocycles. The minimum atomic E-state index is -2.39. The summed E-state index contributed by atoms with van der Waals surface area (Å²) < 4.78 is 10.4. The van der Waals surface area contributed by atoms with E-state index in [1.807, 2.05) is 0 Å². The van der Waals surface area contributed by atoms with E-state index in [0.717, 1.165) is 5.56 Å². The van der Waals surface area contributed by atoms with Crippen LogP contribution >= 0.6 is 19.6 Å². The van der Waals surface area contributed by atoms with E-state index in [1.54, 1.807) is 24.3 Å². The fourth-order valence-corrected chi connectivity index (χ4v) is 1.49. The van der Waals surface area contributed by atoms with Crippen molar-refractivity contribution in [3.63, 3.8) is 0 Å². The first-order chi connectivity index (χ1) is 5.18. The molecule has 0 aromatic heterocycles. The molecule has 0 bridgehead atoms. The van der Waals surface area contributed by atoms with Crippen LogP contribution in [0.3, 0.4) is 0 Å². The number of benzene rings is 1. The quantitative estimate of drug-likeness (QED) is 0.727. The van der Waals surface area contributed by atoms with Crippen molar-refractivity contribution in [2.24, 2.45) is 0 Å². The highest BCUT2D eigenvalue weighted by molar-refractivity contribution is 7.37. The molecule has 0 aliphatic rings. The van der Waals surface area contributed by atoms with E-state index in [0.29, 0.717) is 5.02 Å². The van der Waals surface area contributed by atoms with Crippen LogP contribution in [-0.4, -0.2) is 4.89 Å². The molecule has 1 atom stereocenters. The molecule has 1 aromatic rings. The Hall–Kier alpha value is -0.300. The van der Waals surface area contributed by atoms with E-state index >= 15 is 0 Å². The third kappa shape index (κ3) is 3.06. The van der Waals surface area contributed by atoms with Gasteiger partial charge < -0.3 is 4.89 Å². The molecule has 60 valence electrons. The lowest BCUT2D eigenvalue weighted by atomic mass is 10.2. The summed E-state index contributed by atoms with van der Waals surface area (Å²) in [5.41, 5.74) is 0.848. The van der Waals surface area contributed by atoms with Crippen LogP contribution in [-0.2, 0) is 10.7 Å². The van der Waals surface area contributed by atoms with Crippen LogP contribution in [0.1, 0.15) is 5.56 Å². The van der Waals surface area contributed by atoms with E-state index in [9.17, 15) is 4.57 Å². The molecular formula is C7H8ClO2P. The molecule has 0 aliphatic carbocycles. The Labute approximate surface area is 70.7 Å². The van der Waals surface area contributed by atoms with Crippen molar-refractivity contribution in [3.05, 3.63) is 34.9 Å². The SMILES string of the molecule is O=[PH](O)Cc1ccc(Cl)cc1. The first kappa shape index (κ1) is 8.79. The summed E-state index contributed by atoms with van der Waals surface area (Å²) in [5, 5.41) is 0.645. The summed E-state index contributed by atoms with van der Waals surface area (Å²) in [6, 6.07) is 6.92. The second-order valence-electron chi connectivity index (χ2n) is 2.20. The molecule has 0 aliphatic heterocycles. The maximum absolute atomic E-state index is 10.4. The second-order valence-corrected chi connectivity index (χ2v) is 3.77. The van der Waals surface area contributed by atoms with Gasteiger partial charge in [-0.3, -0.25) is 4.57 Å². The van der Waals surface area contributed by atoms with Crippen molar-refractivity contribution in [1.82, 2.24) is 0 Å². The molecule has 0 spiro atoms. The summed E-state index contributed by atoms with van der Waals surface area (Å²) in [7, 11) is -2.39. The maximum atomic E-state index is 10.4. The Morgan fingerprint density at radius 3 is 2.36 bits per heavy atom. The molecule has 11 heavy (non-hydrogen) atoms. The van der Waals surface area contributed by atoms with Crippen molar-refractivity contribution in [2.45, 2.75) is 6.16 Å². The van der Waals surface area contributed by atoms with Crippen LogP contribution in [0, 0.1) is 0 Å². The van der Waals surface area contributed by atoms with Gasteiger partial charge in [-0.1, -0.05) is 23.7 Å². The molecule has 2 nitrogen and oxygen atoms in total. The monoisotopic (exact) mass is 190 g/mol. The molecule has 0 radical (unpaired) electrons. The summed E-state index contributed by atoms with van der Waals surface area (Å²) in [5.74, 6) is 0. The van der Waals surface area contributed by atoms with Crippen LogP contribution < -0.4 is 0 Å². The standard InChI is InChI=1S/C7H8ClO2P/c8-7-3-1-6(2-4-7)5-11(9)10/h1-4,11H,5H2,(H,9,10). The minimum absolute atomic E-state index is 0.238. The van der Waals surface area contributed by atoms with E-state index in [4.69, 9.17) is 16.5 Å². The van der Waals surface area contributed by atoms with Crippen molar-refractivity contribution in [1.29, 1.82) is 0 Å². The van der Waals surface area contributed by atoms with Crippen LogP contribution in [0.2, 0.25) is 5.02 Å². The Balaban J connectivity index is 2.74. The van der Waals surface area contributed by atoms with Crippen molar-refractivity contribution in [3.8, 4) is 0 Å². The highest BCUT2D eigenvalue weighted by atomic mass is 35.5. The normalized spacial score (nSPS) is 12.9. The van der Waals surface area contributed by atoms with Gasteiger partial charge in [-0.2, -0.15) is 0 Å². The zero-order valence-electron chi connectivity index (χ0n) is 5.75. The van der Waals surface area contributed by atoms with Crippen LogP contribution in [0.25, 0.3) is 0 Å². The van der Waals surface area contributed by atoms with Crippen molar-refractivity contribution < 1.29 is 9.46 Å². The first-order valence-electron chi connectivity index (χ1n) is 3.15. The summed E-state index contributed by atoms with van der Waals surface area (Å²) in [6.45, 7) is 0. The van der Waals surface area contributed by atoms with Gasteiger partial charge in [0.2, 0.25) is 0 Å². The number of hydrogen-bond acceptors (Lipinski definition) is 1. The van der Waals surface area contributed by atoms with Gasteiger partial charge in [0.25, 0.3) is 0 Å². The fourth-order valence-electron chi connectivity index (χ4n) is 0.777. The van der Waals surface area contributed by atoms with E-state index < -0.39 is 8.03 Å². The smallest absolute Gasteiger partial charge is 0.193 e. The van der Waals surface area contributed by atoms with Crippen LogP contribution in [0.15, 0.2) is 24.3 Å². The highest BCUT2D eigenvalue weighted by Gasteiger charge is 1.95. The molecule has 4 heteroatoms. The lowest BCUT2D eigenvalue weighted by Gasteiger charge is -1.96. The highest BCUT2D eigenvalue weighted by Crippen LogP contribution is 2.21. The van der Waals surface area contributed by atoms with Crippen LogP contribution in [0.4, 0.5) is 0 Å². The molecule has 1 rings (SSSR count). The molecule has 1 unspecified atom stereocenters. The Morgan fingerprint density at radius 2 is 1.91 bits per heavy atom. The summed E-state index contributed by atoms with van der Waals surface area (Å²) in [4.78, 5) is 8.59. The zero-order chi connectivity index (χ0) is 8.27. The van der Waals surface area contributed by atoms with Gasteiger partial charge in [0.1, 0.15) is 0 Å². The topological polar surface area (TPSA) is 37.3 Å². The molecule has 0 amide bonds. The van der Waals surface area contributed by atoms with Gasteiger partial charge in [0.15, 0.2) is 8.03 Å². The van der Waals surface area contributed by atoms with Crippen LogP contribution in [0.5, 0.6) is 0 Å². The number of rotatable bonds is 2. The van der Waals surface area contributed by atoms with Gasteiger partial charge in [-0.05, 0) is 17.7 Å². The van der Waals surface area contributed by atoms with Gasteiger partial charge in [0.05, 0.1) is 0 Å². The van der Waals surface area contributed by atoms with E-state index in [-0.39, 0.29) is 6.16 Å². The molecular weight excluding hydrogens is 183 g/mol. The van der Waals surface area contributed by atoms with Gasteiger partial charge in [-0.25, -0.2) is 0 Å². The number of hydrogen-bond donors (Lipinski definition) is 1. The predicted octanol–water partition coefficient (Wildman–Crippen LogP) is 2.31. The molecule has 0 heterocycles. The lowest BCUT2D eigenvalue weighted by molar-refractivity contribution is 0.502. The number of halogens is 1. The molecule has 0 saturated heterocycles. The first-order valence-corrected chi connectivity index (χ1v) is 5.09. The van der Waals surface area contributed by atoms with Gasteiger partial charge in [0, 0.05) is 11.2 Å². The van der Waals surface area contributed by atoms with Gasteiger partial charge in [-0.15, -0.1) is 0 Å². The average Bonchev–Trinajstić information content (AvgIpc) is 1.93. The zero-order valence-corrected chi connectivity index (χ0v) is 7.51. The summed E-state index contributed by atoms with van der Waals surface area (Å²) in [6.07, 6.45) is 0.238. The largest absolute Gasteiger partial charge is 0.346 e. The fraction of sp³-hybridized carbons (Fsp3) is 0.143. The third-order valence-electron chi connectivity index (χ3n) is 1.27. The second kappa shape index (κ2) is 3.91. The Bertz CT molecular complexity index is 258. The average molecular weight is 191 g/mol. The van der Waals surface area contributed by atoms with E-state index in [2.05, 4.69) is 0 Å². The predicted molar refractivity (Wildman–Crippen MR) is 46.4 cm³/mol. The summed E-state index contributed by atoms with van der Waals surface area (Å²) >= 11 is 5.62. The Morgan fingerprint density at radius 1 is 1.36 bits per heavy atom. The van der Waals surface area contributed by atoms with E-state index in [1.165, 1.54) is 0 Å². The molecule has 0 fully saturated rings. The molecule has 1 N–H and O–H groups in total. The Kier molecular flexibility index (Phi) is 3.13. The van der Waals surface area contributed by atoms with Crippen molar-refractivity contribution in [2.75, 3.05) is 0 Å². The van der Waals surface area contributed by atoms with Crippen molar-refractivity contribution >= 4 is 19.6 Å². The minimum Gasteiger partial charge on any atom is -0.346 e. The third-order valence-corrected chi connectivity index (χ3v) is 2.23. The lowest BCUT2D eigenvalue weighted by Crippen LogP contribution is -1.77. The maximum Gasteiger partial charge on any atom is 0.193 e. The van der Waals surface area contributed by atoms with Gasteiger partial charge >= 0.3 is 0 Å².